The first kappa shape index (κ1) is 19.6. The van der Waals surface area contributed by atoms with Crippen molar-refractivity contribution in [3.05, 3.63) is 23.9 Å². The SMILES string of the molecule is C#CCNC(=NCc1ccnc(N2CCCCC2)c1)NCC.I. The summed E-state index contributed by atoms with van der Waals surface area (Å²) in [6.07, 6.45) is 11.0. The highest BCUT2D eigenvalue weighted by Gasteiger charge is 2.12. The molecule has 0 aromatic carbocycles. The van der Waals surface area contributed by atoms with E-state index >= 15 is 0 Å². The Balaban J connectivity index is 0.00000264. The van der Waals surface area contributed by atoms with Crippen LogP contribution in [0.1, 0.15) is 31.7 Å². The van der Waals surface area contributed by atoms with Crippen LogP contribution in [0.15, 0.2) is 23.3 Å². The molecule has 1 fully saturated rings. The number of piperidine rings is 1. The number of halogens is 1. The molecular formula is C17H26IN5. The molecular weight excluding hydrogens is 401 g/mol. The maximum Gasteiger partial charge on any atom is 0.192 e. The molecule has 1 saturated heterocycles. The number of terminal acetylenes is 1. The van der Waals surface area contributed by atoms with Gasteiger partial charge in [0.2, 0.25) is 0 Å². The second-order valence-electron chi connectivity index (χ2n) is 5.32. The van der Waals surface area contributed by atoms with Gasteiger partial charge in [-0.05, 0) is 43.9 Å². The van der Waals surface area contributed by atoms with Crippen LogP contribution in [0.5, 0.6) is 0 Å². The van der Waals surface area contributed by atoms with Gasteiger partial charge in [0, 0.05) is 25.8 Å². The molecule has 1 aliphatic rings. The van der Waals surface area contributed by atoms with Crippen LogP contribution in [0, 0.1) is 12.3 Å². The number of pyridine rings is 1. The van der Waals surface area contributed by atoms with E-state index in [0.29, 0.717) is 13.1 Å². The monoisotopic (exact) mass is 427 g/mol. The third-order valence-corrected chi connectivity index (χ3v) is 3.61. The summed E-state index contributed by atoms with van der Waals surface area (Å²) in [7, 11) is 0. The highest BCUT2D eigenvalue weighted by molar-refractivity contribution is 14.0. The Morgan fingerprint density at radius 2 is 2.13 bits per heavy atom. The van der Waals surface area contributed by atoms with E-state index in [2.05, 4.69) is 37.5 Å². The zero-order valence-corrected chi connectivity index (χ0v) is 16.0. The Morgan fingerprint density at radius 1 is 1.35 bits per heavy atom. The molecule has 0 aliphatic carbocycles. The Kier molecular flexibility index (Phi) is 9.45. The smallest absolute Gasteiger partial charge is 0.192 e. The third-order valence-electron chi connectivity index (χ3n) is 3.61. The average molecular weight is 427 g/mol. The van der Waals surface area contributed by atoms with E-state index in [1.165, 1.54) is 19.3 Å². The van der Waals surface area contributed by atoms with E-state index in [0.717, 1.165) is 37.0 Å². The van der Waals surface area contributed by atoms with Crippen molar-refractivity contribution in [3.8, 4) is 12.3 Å². The maximum absolute atomic E-state index is 5.27. The van der Waals surface area contributed by atoms with Crippen molar-refractivity contribution in [2.24, 2.45) is 4.99 Å². The molecule has 0 radical (unpaired) electrons. The average Bonchev–Trinajstić information content (AvgIpc) is 2.58. The lowest BCUT2D eigenvalue weighted by Gasteiger charge is -2.27. The standard InChI is InChI=1S/C17H25N5.HI/c1-3-9-20-17(18-4-2)21-14-15-8-10-19-16(13-15)22-11-6-5-7-12-22;/h1,8,10,13H,4-7,9,11-12,14H2,2H3,(H2,18,20,21);1H. The minimum absolute atomic E-state index is 0. The summed E-state index contributed by atoms with van der Waals surface area (Å²) in [6, 6.07) is 4.15. The first-order chi connectivity index (χ1) is 10.8. The third kappa shape index (κ3) is 6.65. The molecule has 2 N–H and O–H groups in total. The van der Waals surface area contributed by atoms with Gasteiger partial charge in [-0.2, -0.15) is 0 Å². The van der Waals surface area contributed by atoms with Crippen LogP contribution in [0.25, 0.3) is 0 Å². The fourth-order valence-corrected chi connectivity index (χ4v) is 2.50. The summed E-state index contributed by atoms with van der Waals surface area (Å²) in [6.45, 7) is 6.14. The number of anilines is 1. The van der Waals surface area contributed by atoms with E-state index < -0.39 is 0 Å². The van der Waals surface area contributed by atoms with Gasteiger partial charge in [-0.15, -0.1) is 30.4 Å². The van der Waals surface area contributed by atoms with Crippen molar-refractivity contribution >= 4 is 35.8 Å². The lowest BCUT2D eigenvalue weighted by atomic mass is 10.1. The van der Waals surface area contributed by atoms with Crippen LogP contribution in [0.3, 0.4) is 0 Å². The number of hydrogen-bond donors (Lipinski definition) is 2. The normalized spacial score (nSPS) is 14.6. The Hall–Kier alpha value is -1.49. The van der Waals surface area contributed by atoms with Crippen LogP contribution in [0.4, 0.5) is 5.82 Å². The van der Waals surface area contributed by atoms with Gasteiger partial charge in [-0.25, -0.2) is 9.98 Å². The largest absolute Gasteiger partial charge is 0.357 e. The molecule has 1 aromatic rings. The summed E-state index contributed by atoms with van der Waals surface area (Å²) in [5.74, 6) is 4.37. The molecule has 0 spiro atoms. The molecule has 0 atom stereocenters. The molecule has 23 heavy (non-hydrogen) atoms. The highest BCUT2D eigenvalue weighted by atomic mass is 127. The van der Waals surface area contributed by atoms with E-state index in [-0.39, 0.29) is 24.0 Å². The number of rotatable bonds is 5. The van der Waals surface area contributed by atoms with Crippen molar-refractivity contribution in [3.63, 3.8) is 0 Å². The molecule has 6 heteroatoms. The summed E-state index contributed by atoms with van der Waals surface area (Å²) < 4.78 is 0. The lowest BCUT2D eigenvalue weighted by molar-refractivity contribution is 0.573. The summed E-state index contributed by atoms with van der Waals surface area (Å²) in [4.78, 5) is 11.4. The van der Waals surface area contributed by atoms with Gasteiger partial charge in [-0.1, -0.05) is 5.92 Å². The van der Waals surface area contributed by atoms with Gasteiger partial charge >= 0.3 is 0 Å². The number of nitrogens with one attached hydrogen (secondary N) is 2. The highest BCUT2D eigenvalue weighted by Crippen LogP contribution is 2.18. The van der Waals surface area contributed by atoms with Crippen LogP contribution in [-0.4, -0.2) is 37.1 Å². The molecule has 126 valence electrons. The Labute approximate surface area is 156 Å². The first-order valence-corrected chi connectivity index (χ1v) is 7.99. The minimum atomic E-state index is 0. The van der Waals surface area contributed by atoms with E-state index in [4.69, 9.17) is 6.42 Å². The zero-order valence-electron chi connectivity index (χ0n) is 13.7. The molecule has 2 rings (SSSR count). The van der Waals surface area contributed by atoms with Crippen molar-refractivity contribution in [1.82, 2.24) is 15.6 Å². The lowest BCUT2D eigenvalue weighted by Crippen LogP contribution is -2.37. The van der Waals surface area contributed by atoms with Gasteiger partial charge in [0.05, 0.1) is 13.1 Å². The number of nitrogens with zero attached hydrogens (tertiary/aromatic N) is 3. The number of aromatic nitrogens is 1. The fourth-order valence-electron chi connectivity index (χ4n) is 2.50. The second-order valence-corrected chi connectivity index (χ2v) is 5.32. The summed E-state index contributed by atoms with van der Waals surface area (Å²) >= 11 is 0. The number of guanidine groups is 1. The minimum Gasteiger partial charge on any atom is -0.357 e. The topological polar surface area (TPSA) is 52.6 Å². The van der Waals surface area contributed by atoms with Gasteiger partial charge in [0.15, 0.2) is 5.96 Å². The van der Waals surface area contributed by atoms with Crippen molar-refractivity contribution in [2.45, 2.75) is 32.7 Å². The zero-order chi connectivity index (χ0) is 15.6. The molecule has 0 unspecified atom stereocenters. The number of aliphatic imine (C=N–C) groups is 1. The van der Waals surface area contributed by atoms with Crippen LogP contribution >= 0.6 is 24.0 Å². The quantitative estimate of drug-likeness (QED) is 0.328. The maximum atomic E-state index is 5.27. The van der Waals surface area contributed by atoms with Gasteiger partial charge in [0.25, 0.3) is 0 Å². The van der Waals surface area contributed by atoms with Gasteiger partial charge < -0.3 is 15.5 Å². The molecule has 5 nitrogen and oxygen atoms in total. The fraction of sp³-hybridized carbons (Fsp3) is 0.529. The molecule has 1 aliphatic heterocycles. The van der Waals surface area contributed by atoms with Crippen molar-refractivity contribution in [2.75, 3.05) is 31.1 Å². The molecule has 0 saturated carbocycles. The van der Waals surface area contributed by atoms with Gasteiger partial charge in [-0.3, -0.25) is 0 Å². The molecule has 0 bridgehead atoms. The van der Waals surface area contributed by atoms with Crippen LogP contribution < -0.4 is 15.5 Å². The van der Waals surface area contributed by atoms with Gasteiger partial charge in [0.1, 0.15) is 5.82 Å². The Bertz CT molecular complexity index is 532. The predicted molar refractivity (Wildman–Crippen MR) is 107 cm³/mol. The number of hydrogen-bond acceptors (Lipinski definition) is 3. The first-order valence-electron chi connectivity index (χ1n) is 7.99. The molecule has 0 amide bonds. The molecule has 1 aromatic heterocycles. The van der Waals surface area contributed by atoms with E-state index in [9.17, 15) is 0 Å². The van der Waals surface area contributed by atoms with E-state index in [1.807, 2.05) is 19.2 Å². The van der Waals surface area contributed by atoms with Crippen molar-refractivity contribution in [1.29, 1.82) is 0 Å². The molecule has 2 heterocycles. The predicted octanol–water partition coefficient (Wildman–Crippen LogP) is 2.38. The van der Waals surface area contributed by atoms with E-state index in [1.54, 1.807) is 0 Å². The second kappa shape index (κ2) is 11.1. The van der Waals surface area contributed by atoms with Crippen LogP contribution in [0.2, 0.25) is 0 Å². The Morgan fingerprint density at radius 3 is 2.83 bits per heavy atom. The van der Waals surface area contributed by atoms with Crippen LogP contribution in [-0.2, 0) is 6.54 Å². The van der Waals surface area contributed by atoms with Crippen molar-refractivity contribution < 1.29 is 0 Å². The summed E-state index contributed by atoms with van der Waals surface area (Å²) in [5.41, 5.74) is 1.16. The summed E-state index contributed by atoms with van der Waals surface area (Å²) in [5, 5.41) is 6.28.